The lowest BCUT2D eigenvalue weighted by atomic mass is 10.2. The third kappa shape index (κ3) is 4.81. The van der Waals surface area contributed by atoms with Crippen LogP contribution in [0.5, 0.6) is 5.75 Å². The van der Waals surface area contributed by atoms with Crippen LogP contribution < -0.4 is 10.1 Å². The fourth-order valence-corrected chi connectivity index (χ4v) is 2.07. The Morgan fingerprint density at radius 2 is 1.64 bits per heavy atom. The van der Waals surface area contributed by atoms with E-state index in [2.05, 4.69) is 5.32 Å². The SMILES string of the molecule is CC(C)N(Cc1ccccc1)C(=O)NCOc1ccccc1. The van der Waals surface area contributed by atoms with E-state index < -0.39 is 0 Å². The van der Waals surface area contributed by atoms with Gasteiger partial charge in [0.05, 0.1) is 0 Å². The minimum Gasteiger partial charge on any atom is -0.473 e. The Bertz CT molecular complexity index is 570. The summed E-state index contributed by atoms with van der Waals surface area (Å²) < 4.78 is 5.50. The van der Waals surface area contributed by atoms with E-state index in [9.17, 15) is 4.79 Å². The van der Waals surface area contributed by atoms with Gasteiger partial charge in [-0.05, 0) is 31.5 Å². The lowest BCUT2D eigenvalue weighted by molar-refractivity contribution is 0.168. The molecule has 0 aromatic heterocycles. The molecule has 0 unspecified atom stereocenters. The molecule has 2 rings (SSSR count). The Balaban J connectivity index is 1.87. The quantitative estimate of drug-likeness (QED) is 0.827. The van der Waals surface area contributed by atoms with Crippen LogP contribution >= 0.6 is 0 Å². The van der Waals surface area contributed by atoms with Crippen LogP contribution in [-0.4, -0.2) is 23.7 Å². The summed E-state index contributed by atoms with van der Waals surface area (Å²) in [6.07, 6.45) is 0. The molecule has 116 valence electrons. The number of ether oxygens (including phenoxy) is 1. The molecule has 0 aliphatic carbocycles. The van der Waals surface area contributed by atoms with E-state index in [1.807, 2.05) is 74.5 Å². The van der Waals surface area contributed by atoms with Crippen LogP contribution in [0.25, 0.3) is 0 Å². The smallest absolute Gasteiger partial charge is 0.320 e. The van der Waals surface area contributed by atoms with Gasteiger partial charge in [-0.15, -0.1) is 0 Å². The second kappa shape index (κ2) is 8.08. The average Bonchev–Trinajstić information content (AvgIpc) is 2.54. The summed E-state index contributed by atoms with van der Waals surface area (Å²) in [5.41, 5.74) is 1.11. The number of hydrogen-bond acceptors (Lipinski definition) is 2. The van der Waals surface area contributed by atoms with E-state index in [0.717, 1.165) is 11.3 Å². The first-order chi connectivity index (χ1) is 10.7. The second-order valence-electron chi connectivity index (χ2n) is 5.29. The third-order valence-electron chi connectivity index (χ3n) is 3.29. The van der Waals surface area contributed by atoms with E-state index >= 15 is 0 Å². The number of nitrogens with one attached hydrogen (secondary N) is 1. The standard InChI is InChI=1S/C18H22N2O2/c1-15(2)20(13-16-9-5-3-6-10-16)18(21)19-14-22-17-11-7-4-8-12-17/h3-12,15H,13-14H2,1-2H3,(H,19,21). The molecule has 4 nitrogen and oxygen atoms in total. The van der Waals surface area contributed by atoms with E-state index in [0.29, 0.717) is 6.54 Å². The molecule has 0 fully saturated rings. The summed E-state index contributed by atoms with van der Waals surface area (Å²) >= 11 is 0. The molecule has 0 atom stereocenters. The van der Waals surface area contributed by atoms with Crippen molar-refractivity contribution in [1.29, 1.82) is 0 Å². The fourth-order valence-electron chi connectivity index (χ4n) is 2.07. The van der Waals surface area contributed by atoms with Gasteiger partial charge in [0, 0.05) is 12.6 Å². The third-order valence-corrected chi connectivity index (χ3v) is 3.29. The molecule has 4 heteroatoms. The number of benzene rings is 2. The van der Waals surface area contributed by atoms with Crippen LogP contribution in [0.3, 0.4) is 0 Å². The van der Waals surface area contributed by atoms with Crippen molar-refractivity contribution in [1.82, 2.24) is 10.2 Å². The van der Waals surface area contributed by atoms with Gasteiger partial charge < -0.3 is 15.0 Å². The lowest BCUT2D eigenvalue weighted by Gasteiger charge is -2.27. The highest BCUT2D eigenvalue weighted by molar-refractivity contribution is 5.74. The molecular formula is C18H22N2O2. The van der Waals surface area contributed by atoms with Crippen molar-refractivity contribution in [3.8, 4) is 5.75 Å². The zero-order valence-corrected chi connectivity index (χ0v) is 13.0. The molecule has 1 N–H and O–H groups in total. The number of rotatable bonds is 6. The molecule has 0 radical (unpaired) electrons. The fraction of sp³-hybridized carbons (Fsp3) is 0.278. The van der Waals surface area contributed by atoms with E-state index in [1.54, 1.807) is 4.90 Å². The van der Waals surface area contributed by atoms with Crippen molar-refractivity contribution in [2.45, 2.75) is 26.4 Å². The first kappa shape index (κ1) is 15.9. The molecule has 0 heterocycles. The molecule has 0 spiro atoms. The van der Waals surface area contributed by atoms with Gasteiger partial charge in [-0.25, -0.2) is 4.79 Å². The van der Waals surface area contributed by atoms with E-state index in [1.165, 1.54) is 0 Å². The number of carbonyl (C=O) groups excluding carboxylic acids is 1. The van der Waals surface area contributed by atoms with Crippen molar-refractivity contribution in [3.63, 3.8) is 0 Å². The molecule has 0 saturated heterocycles. The van der Waals surface area contributed by atoms with Gasteiger partial charge in [-0.3, -0.25) is 0 Å². The minimum absolute atomic E-state index is 0.108. The summed E-state index contributed by atoms with van der Waals surface area (Å²) in [4.78, 5) is 14.1. The molecule has 0 aliphatic heterocycles. The molecule has 0 bridgehead atoms. The maximum Gasteiger partial charge on any atom is 0.320 e. The molecule has 0 aliphatic rings. The zero-order chi connectivity index (χ0) is 15.8. The van der Waals surface area contributed by atoms with Crippen molar-refractivity contribution >= 4 is 6.03 Å². The van der Waals surface area contributed by atoms with Gasteiger partial charge in [0.15, 0.2) is 6.73 Å². The van der Waals surface area contributed by atoms with Crippen LogP contribution in [-0.2, 0) is 6.54 Å². The van der Waals surface area contributed by atoms with Crippen molar-refractivity contribution in [2.75, 3.05) is 6.73 Å². The van der Waals surface area contributed by atoms with Gasteiger partial charge in [0.2, 0.25) is 0 Å². The molecule has 22 heavy (non-hydrogen) atoms. The molecule has 2 aromatic rings. The number of para-hydroxylation sites is 1. The number of hydrogen-bond donors (Lipinski definition) is 1. The predicted octanol–water partition coefficient (Wildman–Crippen LogP) is 3.64. The monoisotopic (exact) mass is 298 g/mol. The summed E-state index contributed by atoms with van der Waals surface area (Å²) in [6.45, 7) is 4.73. The summed E-state index contributed by atoms with van der Waals surface area (Å²) in [5.74, 6) is 0.738. The molecular weight excluding hydrogens is 276 g/mol. The second-order valence-corrected chi connectivity index (χ2v) is 5.29. The van der Waals surface area contributed by atoms with Crippen molar-refractivity contribution < 1.29 is 9.53 Å². The highest BCUT2D eigenvalue weighted by Gasteiger charge is 2.16. The number of urea groups is 1. The highest BCUT2D eigenvalue weighted by Crippen LogP contribution is 2.09. The van der Waals surface area contributed by atoms with Crippen molar-refractivity contribution in [3.05, 3.63) is 66.2 Å². The molecule has 0 saturated carbocycles. The Morgan fingerprint density at radius 3 is 2.23 bits per heavy atom. The van der Waals surface area contributed by atoms with Gasteiger partial charge in [0.1, 0.15) is 5.75 Å². The van der Waals surface area contributed by atoms with Gasteiger partial charge in [-0.2, -0.15) is 0 Å². The lowest BCUT2D eigenvalue weighted by Crippen LogP contribution is -2.44. The van der Waals surface area contributed by atoms with Gasteiger partial charge in [-0.1, -0.05) is 48.5 Å². The van der Waals surface area contributed by atoms with Crippen LogP contribution in [0.1, 0.15) is 19.4 Å². The summed E-state index contributed by atoms with van der Waals surface area (Å²) in [5, 5.41) is 2.80. The van der Waals surface area contributed by atoms with Crippen LogP contribution in [0, 0.1) is 0 Å². The Labute approximate surface area is 131 Å². The van der Waals surface area contributed by atoms with Crippen molar-refractivity contribution in [2.24, 2.45) is 0 Å². The maximum absolute atomic E-state index is 12.3. The van der Waals surface area contributed by atoms with Crippen LogP contribution in [0.15, 0.2) is 60.7 Å². The van der Waals surface area contributed by atoms with E-state index in [-0.39, 0.29) is 18.8 Å². The normalized spacial score (nSPS) is 10.3. The summed E-state index contributed by atoms with van der Waals surface area (Å²) in [6, 6.07) is 19.4. The first-order valence-electron chi connectivity index (χ1n) is 7.43. The van der Waals surface area contributed by atoms with Gasteiger partial charge >= 0.3 is 6.03 Å². The predicted molar refractivity (Wildman–Crippen MR) is 87.6 cm³/mol. The molecule has 2 aromatic carbocycles. The Kier molecular flexibility index (Phi) is 5.83. The van der Waals surface area contributed by atoms with Crippen LogP contribution in [0.4, 0.5) is 4.79 Å². The Hall–Kier alpha value is -2.49. The van der Waals surface area contributed by atoms with Crippen LogP contribution in [0.2, 0.25) is 0 Å². The highest BCUT2D eigenvalue weighted by atomic mass is 16.5. The first-order valence-corrected chi connectivity index (χ1v) is 7.43. The topological polar surface area (TPSA) is 41.6 Å². The van der Waals surface area contributed by atoms with Gasteiger partial charge in [0.25, 0.3) is 0 Å². The summed E-state index contributed by atoms with van der Waals surface area (Å²) in [7, 11) is 0. The molecule has 2 amide bonds. The number of carbonyl (C=O) groups is 1. The number of amides is 2. The minimum atomic E-state index is -0.130. The largest absolute Gasteiger partial charge is 0.473 e. The van der Waals surface area contributed by atoms with E-state index in [4.69, 9.17) is 4.74 Å². The zero-order valence-electron chi connectivity index (χ0n) is 13.0. The maximum atomic E-state index is 12.3. The Morgan fingerprint density at radius 1 is 1.05 bits per heavy atom. The average molecular weight is 298 g/mol. The number of nitrogens with zero attached hydrogens (tertiary/aromatic N) is 1.